The van der Waals surface area contributed by atoms with Crippen molar-refractivity contribution in [3.05, 3.63) is 64.2 Å². The Labute approximate surface area is 125 Å². The van der Waals surface area contributed by atoms with Crippen molar-refractivity contribution >= 4 is 23.3 Å². The number of hydrogen-bond donors (Lipinski definition) is 2. The fraction of sp³-hybridized carbons (Fsp3) is 0.133. The molecule has 2 rings (SSSR count). The molecular weight excluding hydrogens is 300 g/mol. The Morgan fingerprint density at radius 3 is 2.48 bits per heavy atom. The number of halogens is 3. The minimum atomic E-state index is -1.21. The van der Waals surface area contributed by atoms with E-state index in [1.165, 1.54) is 18.2 Å². The van der Waals surface area contributed by atoms with E-state index in [-0.39, 0.29) is 10.6 Å². The summed E-state index contributed by atoms with van der Waals surface area (Å²) >= 11 is 5.88. The molecule has 3 nitrogen and oxygen atoms in total. The van der Waals surface area contributed by atoms with Gasteiger partial charge in [0.15, 0.2) is 6.04 Å². The summed E-state index contributed by atoms with van der Waals surface area (Å²) in [5, 5.41) is 12.0. The summed E-state index contributed by atoms with van der Waals surface area (Å²) in [7, 11) is 0. The SMILES string of the molecule is Cc1cc(F)cc(NC(C(=O)O)c2ccc(F)cc2Cl)c1. The summed E-state index contributed by atoms with van der Waals surface area (Å²) in [6, 6.07) is 6.35. The maximum Gasteiger partial charge on any atom is 0.330 e. The molecule has 6 heteroatoms. The van der Waals surface area contributed by atoms with E-state index in [0.29, 0.717) is 11.3 Å². The first kappa shape index (κ1) is 15.3. The van der Waals surface area contributed by atoms with Crippen LogP contribution < -0.4 is 5.32 Å². The van der Waals surface area contributed by atoms with Crippen LogP contribution in [0.25, 0.3) is 0 Å². The zero-order valence-corrected chi connectivity index (χ0v) is 11.8. The smallest absolute Gasteiger partial charge is 0.330 e. The Morgan fingerprint density at radius 2 is 1.90 bits per heavy atom. The number of carbonyl (C=O) groups is 1. The highest BCUT2D eigenvalue weighted by Gasteiger charge is 2.22. The van der Waals surface area contributed by atoms with Crippen LogP contribution in [-0.4, -0.2) is 11.1 Å². The number of anilines is 1. The molecule has 0 aliphatic carbocycles. The van der Waals surface area contributed by atoms with Crippen LogP contribution in [0.5, 0.6) is 0 Å². The number of hydrogen-bond acceptors (Lipinski definition) is 2. The normalized spacial score (nSPS) is 12.0. The molecule has 0 aliphatic rings. The van der Waals surface area contributed by atoms with Gasteiger partial charge in [0, 0.05) is 16.3 Å². The van der Waals surface area contributed by atoms with Gasteiger partial charge in [-0.25, -0.2) is 13.6 Å². The number of aryl methyl sites for hydroxylation is 1. The van der Waals surface area contributed by atoms with Crippen LogP contribution in [0.3, 0.4) is 0 Å². The van der Waals surface area contributed by atoms with E-state index in [2.05, 4.69) is 5.32 Å². The number of nitrogens with one attached hydrogen (secondary N) is 1. The zero-order chi connectivity index (χ0) is 15.6. The topological polar surface area (TPSA) is 49.3 Å². The second-order valence-electron chi connectivity index (χ2n) is 4.60. The summed E-state index contributed by atoms with van der Waals surface area (Å²) in [5.74, 6) is -2.24. The quantitative estimate of drug-likeness (QED) is 0.891. The molecule has 0 aliphatic heterocycles. The highest BCUT2D eigenvalue weighted by atomic mass is 35.5. The average Bonchev–Trinajstić information content (AvgIpc) is 2.35. The first-order valence-electron chi connectivity index (χ1n) is 6.08. The van der Waals surface area contributed by atoms with Crippen LogP contribution in [0.15, 0.2) is 36.4 Å². The zero-order valence-electron chi connectivity index (χ0n) is 11.0. The lowest BCUT2D eigenvalue weighted by atomic mass is 10.1. The minimum absolute atomic E-state index is 0.0111. The van der Waals surface area contributed by atoms with Crippen molar-refractivity contribution < 1.29 is 18.7 Å². The van der Waals surface area contributed by atoms with Crippen molar-refractivity contribution in [2.45, 2.75) is 13.0 Å². The molecule has 0 heterocycles. The minimum Gasteiger partial charge on any atom is -0.479 e. The number of carboxylic acids is 1. The van der Waals surface area contributed by atoms with Gasteiger partial charge in [-0.3, -0.25) is 0 Å². The van der Waals surface area contributed by atoms with Crippen LogP contribution in [0, 0.1) is 18.6 Å². The predicted octanol–water partition coefficient (Wildman–Crippen LogP) is 4.16. The first-order chi connectivity index (χ1) is 9.86. The van der Waals surface area contributed by atoms with Crippen LogP contribution in [-0.2, 0) is 4.79 Å². The van der Waals surface area contributed by atoms with Gasteiger partial charge in [-0.15, -0.1) is 0 Å². The lowest BCUT2D eigenvalue weighted by Crippen LogP contribution is -2.21. The van der Waals surface area contributed by atoms with Crippen molar-refractivity contribution in [2.75, 3.05) is 5.32 Å². The second-order valence-corrected chi connectivity index (χ2v) is 5.01. The van der Waals surface area contributed by atoms with E-state index in [0.717, 1.165) is 12.1 Å². The lowest BCUT2D eigenvalue weighted by Gasteiger charge is -2.18. The van der Waals surface area contributed by atoms with Gasteiger partial charge in [0.05, 0.1) is 0 Å². The molecule has 110 valence electrons. The van der Waals surface area contributed by atoms with E-state index < -0.39 is 23.6 Å². The largest absolute Gasteiger partial charge is 0.479 e. The van der Waals surface area contributed by atoms with E-state index >= 15 is 0 Å². The third-order valence-corrected chi connectivity index (χ3v) is 3.20. The van der Waals surface area contributed by atoms with Gasteiger partial charge in [-0.05, 0) is 42.8 Å². The summed E-state index contributed by atoms with van der Waals surface area (Å²) in [4.78, 5) is 11.4. The van der Waals surface area contributed by atoms with Gasteiger partial charge in [-0.1, -0.05) is 17.7 Å². The molecule has 1 unspecified atom stereocenters. The van der Waals surface area contributed by atoms with E-state index in [9.17, 15) is 18.7 Å². The van der Waals surface area contributed by atoms with Gasteiger partial charge < -0.3 is 10.4 Å². The molecule has 0 amide bonds. The fourth-order valence-electron chi connectivity index (χ4n) is 1.99. The molecule has 21 heavy (non-hydrogen) atoms. The lowest BCUT2D eigenvalue weighted by molar-refractivity contribution is -0.138. The third-order valence-electron chi connectivity index (χ3n) is 2.87. The number of rotatable bonds is 4. The third kappa shape index (κ3) is 3.70. The first-order valence-corrected chi connectivity index (χ1v) is 6.46. The second kappa shape index (κ2) is 6.10. The van der Waals surface area contributed by atoms with E-state index in [4.69, 9.17) is 11.6 Å². The maximum absolute atomic E-state index is 13.4. The number of aliphatic carboxylic acids is 1. The van der Waals surface area contributed by atoms with Gasteiger partial charge >= 0.3 is 5.97 Å². The van der Waals surface area contributed by atoms with Gasteiger partial charge in [-0.2, -0.15) is 0 Å². The van der Waals surface area contributed by atoms with Gasteiger partial charge in [0.1, 0.15) is 11.6 Å². The van der Waals surface area contributed by atoms with Crippen LogP contribution in [0.1, 0.15) is 17.2 Å². The van der Waals surface area contributed by atoms with Gasteiger partial charge in [0.2, 0.25) is 0 Å². The summed E-state index contributed by atoms with van der Waals surface area (Å²) < 4.78 is 26.4. The molecule has 0 saturated carbocycles. The molecule has 0 fully saturated rings. The highest BCUT2D eigenvalue weighted by molar-refractivity contribution is 6.31. The molecule has 0 saturated heterocycles. The maximum atomic E-state index is 13.4. The van der Waals surface area contributed by atoms with Gasteiger partial charge in [0.25, 0.3) is 0 Å². The van der Waals surface area contributed by atoms with Crippen molar-refractivity contribution in [3.8, 4) is 0 Å². The summed E-state index contributed by atoms with van der Waals surface area (Å²) in [6.45, 7) is 1.69. The van der Waals surface area contributed by atoms with Crippen molar-refractivity contribution in [1.82, 2.24) is 0 Å². The summed E-state index contributed by atoms with van der Waals surface area (Å²) in [5.41, 5.74) is 1.15. The van der Waals surface area contributed by atoms with Crippen LogP contribution >= 0.6 is 11.6 Å². The molecule has 2 N–H and O–H groups in total. The molecule has 0 spiro atoms. The van der Waals surface area contributed by atoms with Crippen LogP contribution in [0.4, 0.5) is 14.5 Å². The predicted molar refractivity (Wildman–Crippen MR) is 76.5 cm³/mol. The van der Waals surface area contributed by atoms with E-state index in [1.807, 2.05) is 0 Å². The van der Waals surface area contributed by atoms with Crippen molar-refractivity contribution in [2.24, 2.45) is 0 Å². The Bertz CT molecular complexity index is 671. The van der Waals surface area contributed by atoms with Crippen molar-refractivity contribution in [1.29, 1.82) is 0 Å². The number of benzene rings is 2. The van der Waals surface area contributed by atoms with E-state index in [1.54, 1.807) is 13.0 Å². The van der Waals surface area contributed by atoms with Crippen LogP contribution in [0.2, 0.25) is 5.02 Å². The monoisotopic (exact) mass is 311 g/mol. The number of carboxylic acid groups (broad SMARTS) is 1. The molecule has 2 aromatic carbocycles. The van der Waals surface area contributed by atoms with Crippen molar-refractivity contribution in [3.63, 3.8) is 0 Å². The molecule has 0 aromatic heterocycles. The molecular formula is C15H12ClF2NO2. The summed E-state index contributed by atoms with van der Waals surface area (Å²) in [6.07, 6.45) is 0. The fourth-order valence-corrected chi connectivity index (χ4v) is 2.27. The Hall–Kier alpha value is -2.14. The standard InChI is InChI=1S/C15H12ClF2NO2/c1-8-4-10(18)6-11(5-8)19-14(15(20)21)12-3-2-9(17)7-13(12)16/h2-7,14,19H,1H3,(H,20,21). The molecule has 2 aromatic rings. The Balaban J connectivity index is 2.37. The molecule has 0 radical (unpaired) electrons. The Morgan fingerprint density at radius 1 is 1.19 bits per heavy atom. The molecule has 0 bridgehead atoms. The highest BCUT2D eigenvalue weighted by Crippen LogP contribution is 2.28. The Kier molecular flexibility index (Phi) is 4.43. The molecule has 1 atom stereocenters. The average molecular weight is 312 g/mol.